The van der Waals surface area contributed by atoms with Crippen LogP contribution in [-0.2, 0) is 6.42 Å². The summed E-state index contributed by atoms with van der Waals surface area (Å²) in [7, 11) is 1.60. The maximum absolute atomic E-state index is 5.30. The molecule has 2 heteroatoms. The lowest BCUT2D eigenvalue weighted by Crippen LogP contribution is -1.97. The molecule has 0 aliphatic rings. The van der Waals surface area contributed by atoms with Gasteiger partial charge in [-0.3, -0.25) is 0 Å². The number of methoxy groups -OCH3 is 1. The minimum atomic E-state index is 0.250. The lowest BCUT2D eigenvalue weighted by Gasteiger charge is -2.09. The number of benzene rings is 1. The second-order valence-corrected chi connectivity index (χ2v) is 2.73. The minimum absolute atomic E-state index is 0.250. The lowest BCUT2D eigenvalue weighted by molar-refractivity contribution is 0.330. The van der Waals surface area contributed by atoms with Crippen LogP contribution in [0.15, 0.2) is 18.2 Å². The van der Waals surface area contributed by atoms with Crippen LogP contribution in [0.3, 0.4) is 0 Å². The van der Waals surface area contributed by atoms with Gasteiger partial charge >= 0.3 is 0 Å². The van der Waals surface area contributed by atoms with Crippen molar-refractivity contribution in [1.29, 1.82) is 0 Å². The first-order valence-corrected chi connectivity index (χ1v) is 4.34. The smallest absolute Gasteiger partial charge is 0.162 e. The average Bonchev–Trinajstić information content (AvgIpc) is 2.26. The van der Waals surface area contributed by atoms with Gasteiger partial charge in [0, 0.05) is 0 Å². The van der Waals surface area contributed by atoms with Crippen LogP contribution in [0, 0.1) is 19.3 Å². The maximum atomic E-state index is 5.30. The molecular weight excluding hydrogens is 176 g/mol. The van der Waals surface area contributed by atoms with Gasteiger partial charge in [0.25, 0.3) is 0 Å². The van der Waals surface area contributed by atoms with Crippen LogP contribution in [0.1, 0.15) is 5.56 Å². The molecule has 14 heavy (non-hydrogen) atoms. The zero-order valence-corrected chi connectivity index (χ0v) is 8.25. The molecule has 0 heterocycles. The number of hydrogen-bond donors (Lipinski definition) is 0. The zero-order chi connectivity index (χ0) is 10.4. The molecule has 0 saturated carbocycles. The first kappa shape index (κ1) is 10.5. The summed E-state index contributed by atoms with van der Waals surface area (Å²) in [6.07, 6.45) is 5.83. The maximum Gasteiger partial charge on any atom is 0.162 e. The Labute approximate surface area is 84.8 Å². The van der Waals surface area contributed by atoms with Crippen LogP contribution < -0.4 is 9.47 Å². The van der Waals surface area contributed by atoms with E-state index in [0.29, 0.717) is 11.5 Å². The number of hydrogen-bond acceptors (Lipinski definition) is 2. The van der Waals surface area contributed by atoms with E-state index in [0.717, 1.165) is 12.0 Å². The third kappa shape index (κ3) is 2.43. The highest BCUT2D eigenvalue weighted by molar-refractivity contribution is 5.43. The molecule has 0 spiro atoms. The van der Waals surface area contributed by atoms with Crippen molar-refractivity contribution in [3.63, 3.8) is 0 Å². The Balaban J connectivity index is 2.88. The molecule has 1 radical (unpaired) electrons. The molecule has 2 nitrogen and oxygen atoms in total. The van der Waals surface area contributed by atoms with E-state index in [1.807, 2.05) is 18.2 Å². The van der Waals surface area contributed by atoms with Crippen molar-refractivity contribution in [2.75, 3.05) is 13.7 Å². The summed E-state index contributed by atoms with van der Waals surface area (Å²) in [6.45, 7) is 4.04. The standard InChI is InChI=1S/C12H13O2/c1-4-8-14-11-7-6-10(5-2)9-12(11)13-3/h1,6-7,9H,2,5,8H2,3H3. The molecule has 0 N–H and O–H groups in total. The Morgan fingerprint density at radius 2 is 2.21 bits per heavy atom. The van der Waals surface area contributed by atoms with E-state index in [9.17, 15) is 0 Å². The van der Waals surface area contributed by atoms with Crippen LogP contribution in [0.2, 0.25) is 0 Å². The fraction of sp³-hybridized carbons (Fsp3) is 0.250. The van der Waals surface area contributed by atoms with Crippen LogP contribution in [-0.4, -0.2) is 13.7 Å². The number of terminal acetylenes is 1. The molecule has 0 saturated heterocycles. The fourth-order valence-corrected chi connectivity index (χ4v) is 1.11. The van der Waals surface area contributed by atoms with Crippen molar-refractivity contribution in [2.24, 2.45) is 0 Å². The van der Waals surface area contributed by atoms with Gasteiger partial charge in [-0.15, -0.1) is 6.42 Å². The predicted molar refractivity (Wildman–Crippen MR) is 56.4 cm³/mol. The van der Waals surface area contributed by atoms with Crippen LogP contribution >= 0.6 is 0 Å². The van der Waals surface area contributed by atoms with E-state index in [1.54, 1.807) is 7.11 Å². The summed E-state index contributed by atoms with van der Waals surface area (Å²) in [5.41, 5.74) is 1.11. The predicted octanol–water partition coefficient (Wildman–Crippen LogP) is 2.08. The molecule has 0 atom stereocenters. The van der Waals surface area contributed by atoms with Gasteiger partial charge in [0.05, 0.1) is 7.11 Å². The third-order valence-electron chi connectivity index (χ3n) is 1.83. The molecule has 73 valence electrons. The van der Waals surface area contributed by atoms with Gasteiger partial charge in [-0.2, -0.15) is 0 Å². The van der Waals surface area contributed by atoms with Gasteiger partial charge in [0.15, 0.2) is 11.5 Å². The zero-order valence-electron chi connectivity index (χ0n) is 8.25. The average molecular weight is 189 g/mol. The Morgan fingerprint density at radius 1 is 1.43 bits per heavy atom. The highest BCUT2D eigenvalue weighted by atomic mass is 16.5. The quantitative estimate of drug-likeness (QED) is 0.675. The highest BCUT2D eigenvalue weighted by Gasteiger charge is 2.03. The summed E-state index contributed by atoms with van der Waals surface area (Å²) >= 11 is 0. The first-order valence-electron chi connectivity index (χ1n) is 4.34. The normalized spacial score (nSPS) is 9.21. The van der Waals surface area contributed by atoms with Gasteiger partial charge in [-0.1, -0.05) is 12.0 Å². The molecule has 0 fully saturated rings. The summed E-state index contributed by atoms with van der Waals surface area (Å²) < 4.78 is 10.5. The van der Waals surface area contributed by atoms with Crippen molar-refractivity contribution in [3.8, 4) is 23.8 Å². The monoisotopic (exact) mass is 189 g/mol. The fourth-order valence-electron chi connectivity index (χ4n) is 1.11. The second-order valence-electron chi connectivity index (χ2n) is 2.73. The van der Waals surface area contributed by atoms with Crippen LogP contribution in [0.5, 0.6) is 11.5 Å². The molecule has 1 aromatic carbocycles. The van der Waals surface area contributed by atoms with E-state index < -0.39 is 0 Å². The molecule has 0 bridgehead atoms. The first-order chi connectivity index (χ1) is 6.81. The molecular formula is C12H13O2. The van der Waals surface area contributed by atoms with Gasteiger partial charge in [0.1, 0.15) is 6.61 Å². The molecule has 0 unspecified atom stereocenters. The van der Waals surface area contributed by atoms with E-state index in [1.165, 1.54) is 0 Å². The molecule has 0 amide bonds. The lowest BCUT2D eigenvalue weighted by atomic mass is 10.1. The SMILES string of the molecule is C#CCOc1ccc(C[CH2])cc1OC. The van der Waals surface area contributed by atoms with Crippen molar-refractivity contribution >= 4 is 0 Å². The van der Waals surface area contributed by atoms with E-state index >= 15 is 0 Å². The summed E-state index contributed by atoms with van der Waals surface area (Å²) in [6, 6.07) is 5.69. The van der Waals surface area contributed by atoms with Crippen LogP contribution in [0.4, 0.5) is 0 Å². The Hall–Kier alpha value is -1.62. The molecule has 0 aromatic heterocycles. The van der Waals surface area contributed by atoms with Crippen molar-refractivity contribution in [2.45, 2.75) is 6.42 Å². The van der Waals surface area contributed by atoms with Gasteiger partial charge in [-0.25, -0.2) is 0 Å². The largest absolute Gasteiger partial charge is 0.493 e. The second kappa shape index (κ2) is 5.18. The third-order valence-corrected chi connectivity index (χ3v) is 1.83. The minimum Gasteiger partial charge on any atom is -0.493 e. The van der Waals surface area contributed by atoms with Crippen LogP contribution in [0.25, 0.3) is 0 Å². The molecule has 1 rings (SSSR count). The van der Waals surface area contributed by atoms with Crippen molar-refractivity contribution < 1.29 is 9.47 Å². The molecule has 1 aromatic rings. The summed E-state index contributed by atoms with van der Waals surface area (Å²) in [5.74, 6) is 3.77. The highest BCUT2D eigenvalue weighted by Crippen LogP contribution is 2.27. The summed E-state index contributed by atoms with van der Waals surface area (Å²) in [5, 5.41) is 0. The van der Waals surface area contributed by atoms with E-state index in [4.69, 9.17) is 15.9 Å². The number of rotatable bonds is 4. The van der Waals surface area contributed by atoms with Gasteiger partial charge in [0.2, 0.25) is 0 Å². The topological polar surface area (TPSA) is 18.5 Å². The van der Waals surface area contributed by atoms with Crippen molar-refractivity contribution in [3.05, 3.63) is 30.7 Å². The molecule has 0 aliphatic carbocycles. The number of ether oxygens (including phenoxy) is 2. The van der Waals surface area contributed by atoms with E-state index in [2.05, 4.69) is 12.8 Å². The van der Waals surface area contributed by atoms with Gasteiger partial charge in [-0.05, 0) is 31.0 Å². The van der Waals surface area contributed by atoms with Crippen molar-refractivity contribution in [1.82, 2.24) is 0 Å². The Morgan fingerprint density at radius 3 is 2.79 bits per heavy atom. The molecule has 0 aliphatic heterocycles. The van der Waals surface area contributed by atoms with E-state index in [-0.39, 0.29) is 6.61 Å². The summed E-state index contributed by atoms with van der Waals surface area (Å²) in [4.78, 5) is 0. The van der Waals surface area contributed by atoms with Gasteiger partial charge < -0.3 is 9.47 Å². The Kier molecular flexibility index (Phi) is 3.87. The Bertz CT molecular complexity index is 337.